The van der Waals surface area contributed by atoms with E-state index in [1.165, 1.54) is 4.31 Å². The highest BCUT2D eigenvalue weighted by Crippen LogP contribution is 2.45. The lowest BCUT2D eigenvalue weighted by Crippen LogP contribution is -2.74. The summed E-state index contributed by atoms with van der Waals surface area (Å²) >= 11 is 0. The number of sulfonamides is 1. The molecule has 0 bridgehead atoms. The van der Waals surface area contributed by atoms with Crippen LogP contribution in [-0.4, -0.2) is 65.5 Å². The van der Waals surface area contributed by atoms with E-state index in [2.05, 4.69) is 9.88 Å². The van der Waals surface area contributed by atoms with Gasteiger partial charge in [-0.25, -0.2) is 8.42 Å². The van der Waals surface area contributed by atoms with Gasteiger partial charge < -0.3 is 5.11 Å². The maximum Gasteiger partial charge on any atom is 0.433 e. The summed E-state index contributed by atoms with van der Waals surface area (Å²) in [5.41, 5.74) is -1.56. The van der Waals surface area contributed by atoms with E-state index in [1.54, 1.807) is 6.92 Å². The van der Waals surface area contributed by atoms with Crippen molar-refractivity contribution >= 4 is 10.0 Å². The summed E-state index contributed by atoms with van der Waals surface area (Å²) in [5.74, 6) is 0. The number of halogens is 3. The van der Waals surface area contributed by atoms with Crippen molar-refractivity contribution in [2.45, 2.75) is 68.7 Å². The number of hydrogen-bond acceptors (Lipinski definition) is 5. The summed E-state index contributed by atoms with van der Waals surface area (Å²) in [6.45, 7) is 5.95. The van der Waals surface area contributed by atoms with Crippen molar-refractivity contribution in [3.63, 3.8) is 0 Å². The predicted molar refractivity (Wildman–Crippen MR) is 104 cm³/mol. The molecule has 1 N–H and O–H groups in total. The van der Waals surface area contributed by atoms with Gasteiger partial charge in [0.1, 0.15) is 10.6 Å². The molecule has 0 amide bonds. The number of hydrogen-bond donors (Lipinski definition) is 1. The van der Waals surface area contributed by atoms with Gasteiger partial charge in [-0.15, -0.1) is 0 Å². The molecule has 3 heterocycles. The van der Waals surface area contributed by atoms with E-state index in [0.29, 0.717) is 19.1 Å². The van der Waals surface area contributed by atoms with Crippen LogP contribution in [0.5, 0.6) is 0 Å². The highest BCUT2D eigenvalue weighted by Gasteiger charge is 2.56. The zero-order chi connectivity index (χ0) is 21.9. The van der Waals surface area contributed by atoms with Crippen LogP contribution in [0.4, 0.5) is 13.2 Å². The zero-order valence-electron chi connectivity index (χ0n) is 17.2. The lowest BCUT2D eigenvalue weighted by atomic mass is 9.72. The lowest BCUT2D eigenvalue weighted by molar-refractivity contribution is -0.141. The Kier molecular flexibility index (Phi) is 5.24. The molecule has 1 saturated carbocycles. The first-order valence-electron chi connectivity index (χ1n) is 10.4. The van der Waals surface area contributed by atoms with E-state index in [0.717, 1.165) is 51.0 Å². The van der Waals surface area contributed by atoms with Gasteiger partial charge in [-0.3, -0.25) is 9.88 Å². The third-order valence-corrected chi connectivity index (χ3v) is 8.75. The fourth-order valence-corrected chi connectivity index (χ4v) is 6.91. The first-order valence-corrected chi connectivity index (χ1v) is 11.8. The summed E-state index contributed by atoms with van der Waals surface area (Å²) in [6.07, 6.45) is -0.120. The Labute approximate surface area is 175 Å². The molecular weight excluding hydrogens is 419 g/mol. The first kappa shape index (κ1) is 22.0. The molecule has 2 saturated heterocycles. The van der Waals surface area contributed by atoms with Crippen molar-refractivity contribution in [3.05, 3.63) is 23.5 Å². The standard InChI is InChI=1S/C20H28F3N3O3S/c1-3-14-8-17(20(21,22)23)24-9-16(14)30(28,29)26-12-19(13-26)10-25(11-19)15-4-6-18(2,27)7-5-15/h8-9,15,27H,3-7,10-13H2,1-2H3/t15-,18-. The van der Waals surface area contributed by atoms with Crippen LogP contribution in [0.2, 0.25) is 0 Å². The van der Waals surface area contributed by atoms with Crippen molar-refractivity contribution in [3.8, 4) is 0 Å². The second kappa shape index (κ2) is 7.15. The molecule has 6 nitrogen and oxygen atoms in total. The van der Waals surface area contributed by atoms with E-state index in [9.17, 15) is 26.7 Å². The second-order valence-corrected chi connectivity index (χ2v) is 11.3. The topological polar surface area (TPSA) is 73.7 Å². The highest BCUT2D eigenvalue weighted by molar-refractivity contribution is 7.89. The highest BCUT2D eigenvalue weighted by atomic mass is 32.2. The molecule has 3 fully saturated rings. The van der Waals surface area contributed by atoms with Crippen LogP contribution in [0.1, 0.15) is 50.8 Å². The van der Waals surface area contributed by atoms with Gasteiger partial charge in [0, 0.05) is 43.8 Å². The molecule has 1 aromatic rings. The maximum atomic E-state index is 13.0. The smallest absolute Gasteiger partial charge is 0.390 e. The van der Waals surface area contributed by atoms with Crippen LogP contribution in [0.25, 0.3) is 0 Å². The van der Waals surface area contributed by atoms with Crippen LogP contribution < -0.4 is 0 Å². The Morgan fingerprint density at radius 2 is 1.80 bits per heavy atom. The number of pyridine rings is 1. The maximum absolute atomic E-state index is 13.0. The fourth-order valence-electron chi connectivity index (χ4n) is 5.02. The van der Waals surface area contributed by atoms with Crippen LogP contribution >= 0.6 is 0 Å². The van der Waals surface area contributed by atoms with E-state index >= 15 is 0 Å². The van der Waals surface area contributed by atoms with Crippen molar-refractivity contribution < 1.29 is 26.7 Å². The lowest BCUT2D eigenvalue weighted by Gasteiger charge is -2.62. The van der Waals surface area contributed by atoms with Crippen molar-refractivity contribution in [1.29, 1.82) is 0 Å². The van der Waals surface area contributed by atoms with Gasteiger partial charge in [0.05, 0.1) is 5.60 Å². The summed E-state index contributed by atoms with van der Waals surface area (Å²) in [4.78, 5) is 5.61. The molecule has 4 rings (SSSR count). The molecule has 0 radical (unpaired) electrons. The van der Waals surface area contributed by atoms with Crippen LogP contribution in [0.15, 0.2) is 17.2 Å². The molecule has 0 aromatic carbocycles. The largest absolute Gasteiger partial charge is 0.433 e. The minimum Gasteiger partial charge on any atom is -0.390 e. The molecule has 1 spiro atoms. The summed E-state index contributed by atoms with van der Waals surface area (Å²) in [7, 11) is -3.86. The SMILES string of the molecule is CCc1cc(C(F)(F)F)ncc1S(=O)(=O)N1CC2(C1)CN([C@H]1CC[C@](C)(O)CC1)C2. The quantitative estimate of drug-likeness (QED) is 0.768. The second-order valence-electron chi connectivity index (χ2n) is 9.43. The van der Waals surface area contributed by atoms with Gasteiger partial charge in [-0.05, 0) is 50.7 Å². The third kappa shape index (κ3) is 3.87. The van der Waals surface area contributed by atoms with E-state index in [4.69, 9.17) is 0 Å². The summed E-state index contributed by atoms with van der Waals surface area (Å²) in [5, 5.41) is 10.1. The molecule has 0 atom stereocenters. The molecule has 1 aliphatic carbocycles. The minimum atomic E-state index is -4.60. The molecule has 1 aromatic heterocycles. The van der Waals surface area contributed by atoms with Gasteiger partial charge in [0.15, 0.2) is 0 Å². The molecular formula is C20H28F3N3O3S. The number of nitrogens with zero attached hydrogens (tertiary/aromatic N) is 3. The Bertz CT molecular complexity index is 909. The first-order chi connectivity index (χ1) is 13.9. The molecule has 0 unspecified atom stereocenters. The molecule has 168 valence electrons. The molecule has 2 aliphatic heterocycles. The molecule has 3 aliphatic rings. The molecule has 30 heavy (non-hydrogen) atoms. The third-order valence-electron chi connectivity index (χ3n) is 6.89. The number of aryl methyl sites for hydroxylation is 1. The zero-order valence-corrected chi connectivity index (χ0v) is 18.1. The minimum absolute atomic E-state index is 0.0568. The summed E-state index contributed by atoms with van der Waals surface area (Å²) < 4.78 is 66.1. The van der Waals surface area contributed by atoms with E-state index in [1.807, 2.05) is 6.92 Å². The average molecular weight is 448 g/mol. The van der Waals surface area contributed by atoms with Gasteiger partial charge in [0.25, 0.3) is 0 Å². The van der Waals surface area contributed by atoms with Crippen LogP contribution in [0.3, 0.4) is 0 Å². The Morgan fingerprint density at radius 1 is 1.20 bits per heavy atom. The van der Waals surface area contributed by atoms with Crippen LogP contribution in [0, 0.1) is 5.41 Å². The number of alkyl halides is 3. The van der Waals surface area contributed by atoms with Crippen LogP contribution in [-0.2, 0) is 22.6 Å². The average Bonchev–Trinajstić information content (AvgIpc) is 2.59. The number of rotatable bonds is 4. The normalized spacial score (nSPS) is 30.1. The Morgan fingerprint density at radius 3 is 2.33 bits per heavy atom. The molecule has 10 heteroatoms. The monoisotopic (exact) mass is 447 g/mol. The number of likely N-dealkylation sites (tertiary alicyclic amines) is 1. The predicted octanol–water partition coefficient (Wildman–Crippen LogP) is 2.66. The van der Waals surface area contributed by atoms with Gasteiger partial charge >= 0.3 is 6.18 Å². The fraction of sp³-hybridized carbons (Fsp3) is 0.750. The van der Waals surface area contributed by atoms with Crippen molar-refractivity contribution in [2.75, 3.05) is 26.2 Å². The van der Waals surface area contributed by atoms with Gasteiger partial charge in [0.2, 0.25) is 10.0 Å². The van der Waals surface area contributed by atoms with Crippen molar-refractivity contribution in [1.82, 2.24) is 14.2 Å². The van der Waals surface area contributed by atoms with Gasteiger partial charge in [-0.2, -0.15) is 17.5 Å². The Hall–Kier alpha value is -1.23. The van der Waals surface area contributed by atoms with Gasteiger partial charge in [-0.1, -0.05) is 6.92 Å². The number of aromatic nitrogens is 1. The summed E-state index contributed by atoms with van der Waals surface area (Å²) in [6, 6.07) is 1.28. The Balaban J connectivity index is 1.39. The van der Waals surface area contributed by atoms with E-state index < -0.39 is 27.5 Å². The van der Waals surface area contributed by atoms with E-state index in [-0.39, 0.29) is 22.3 Å². The van der Waals surface area contributed by atoms with Crippen molar-refractivity contribution in [2.24, 2.45) is 5.41 Å². The number of aliphatic hydroxyl groups is 1.